The Morgan fingerprint density at radius 2 is 1.96 bits per heavy atom. The second-order valence-electron chi connectivity index (χ2n) is 8.35. The summed E-state index contributed by atoms with van der Waals surface area (Å²) in [6, 6.07) is 0.426. The number of ether oxygens (including phenoxy) is 1. The number of piperazine rings is 1. The third-order valence-corrected chi connectivity index (χ3v) is 6.90. The van der Waals surface area contributed by atoms with Crippen molar-refractivity contribution in [3.63, 3.8) is 0 Å². The fraction of sp³-hybridized carbons (Fsp3) is 0.895. The molecule has 6 nitrogen and oxygen atoms in total. The molecule has 2 heterocycles. The molecule has 2 saturated carbocycles. The van der Waals surface area contributed by atoms with E-state index in [2.05, 4.69) is 9.80 Å². The predicted molar refractivity (Wildman–Crippen MR) is 94.0 cm³/mol. The topological polar surface area (TPSA) is 53.1 Å². The van der Waals surface area contributed by atoms with Gasteiger partial charge in [-0.1, -0.05) is 6.42 Å². The first-order chi connectivity index (χ1) is 12.2. The number of hydrogen-bond donors (Lipinski definition) is 0. The van der Waals surface area contributed by atoms with Gasteiger partial charge in [0.1, 0.15) is 0 Å². The Balaban J connectivity index is 1.29. The lowest BCUT2D eigenvalue weighted by molar-refractivity contribution is -0.137. The molecular formula is C19H31N3O3. The van der Waals surface area contributed by atoms with E-state index in [0.717, 1.165) is 45.2 Å². The molecule has 0 spiro atoms. The van der Waals surface area contributed by atoms with Gasteiger partial charge in [-0.05, 0) is 31.1 Å². The molecule has 2 aliphatic heterocycles. The van der Waals surface area contributed by atoms with E-state index in [1.807, 2.05) is 4.90 Å². The first-order valence-corrected chi connectivity index (χ1v) is 9.95. The van der Waals surface area contributed by atoms with Crippen LogP contribution in [0.3, 0.4) is 0 Å². The summed E-state index contributed by atoms with van der Waals surface area (Å²) in [6.45, 7) is 5.71. The molecule has 0 aromatic carbocycles. The Hall–Kier alpha value is -1.14. The average Bonchev–Trinajstić information content (AvgIpc) is 3.35. The van der Waals surface area contributed by atoms with Crippen LogP contribution < -0.4 is 0 Å². The number of hydrogen-bond acceptors (Lipinski definition) is 4. The van der Waals surface area contributed by atoms with Crippen LogP contribution in [0.5, 0.6) is 0 Å². The third kappa shape index (κ3) is 3.43. The van der Waals surface area contributed by atoms with Gasteiger partial charge in [-0.15, -0.1) is 0 Å². The molecule has 4 aliphatic rings. The Morgan fingerprint density at radius 3 is 2.60 bits per heavy atom. The van der Waals surface area contributed by atoms with Crippen molar-refractivity contribution in [2.45, 2.75) is 38.1 Å². The van der Waals surface area contributed by atoms with Gasteiger partial charge in [0.25, 0.3) is 0 Å². The normalized spacial score (nSPS) is 35.8. The van der Waals surface area contributed by atoms with Crippen LogP contribution in [0.4, 0.5) is 0 Å². The molecule has 0 radical (unpaired) electrons. The standard InChI is InChI=1S/C19H31N3O3/c1-25-9-8-20-4-6-21(7-5-20)19(24)16-12-18(23)22(13-16)17-11-14-2-3-15(17)10-14/h14-17H,2-13H2,1H3. The van der Waals surface area contributed by atoms with E-state index in [-0.39, 0.29) is 17.7 Å². The maximum atomic E-state index is 12.9. The van der Waals surface area contributed by atoms with Gasteiger partial charge in [0.2, 0.25) is 11.8 Å². The van der Waals surface area contributed by atoms with E-state index in [1.165, 1.54) is 25.7 Å². The molecular weight excluding hydrogens is 318 g/mol. The van der Waals surface area contributed by atoms with Crippen molar-refractivity contribution in [2.75, 3.05) is 53.0 Å². The Morgan fingerprint density at radius 1 is 1.16 bits per heavy atom. The number of amides is 2. The molecule has 25 heavy (non-hydrogen) atoms. The highest BCUT2D eigenvalue weighted by Gasteiger charge is 2.47. The highest BCUT2D eigenvalue weighted by molar-refractivity contribution is 5.89. The summed E-state index contributed by atoms with van der Waals surface area (Å²) in [5.41, 5.74) is 0. The van der Waals surface area contributed by atoms with Crippen LogP contribution in [0.25, 0.3) is 0 Å². The second-order valence-corrected chi connectivity index (χ2v) is 8.35. The van der Waals surface area contributed by atoms with Gasteiger partial charge in [-0.25, -0.2) is 0 Å². The van der Waals surface area contributed by atoms with Crippen molar-refractivity contribution in [1.82, 2.24) is 14.7 Å². The average molecular weight is 349 g/mol. The minimum atomic E-state index is -0.114. The molecule has 0 aromatic rings. The van der Waals surface area contributed by atoms with Crippen molar-refractivity contribution in [3.8, 4) is 0 Å². The van der Waals surface area contributed by atoms with Crippen LogP contribution in [0.1, 0.15) is 32.1 Å². The number of likely N-dealkylation sites (tertiary alicyclic amines) is 1. The maximum Gasteiger partial charge on any atom is 0.228 e. The van der Waals surface area contributed by atoms with Gasteiger partial charge in [-0.2, -0.15) is 0 Å². The van der Waals surface area contributed by atoms with Gasteiger partial charge in [0.15, 0.2) is 0 Å². The zero-order valence-corrected chi connectivity index (χ0v) is 15.4. The number of methoxy groups -OCH3 is 1. The fourth-order valence-electron chi connectivity index (χ4n) is 5.48. The van der Waals surface area contributed by atoms with E-state index >= 15 is 0 Å². The highest BCUT2D eigenvalue weighted by Crippen LogP contribution is 2.47. The Kier molecular flexibility index (Phi) is 5.00. The zero-order valence-electron chi connectivity index (χ0n) is 15.4. The van der Waals surface area contributed by atoms with Crippen molar-refractivity contribution in [1.29, 1.82) is 0 Å². The SMILES string of the molecule is COCCN1CCN(C(=O)C2CC(=O)N(C3CC4CCC3C4)C2)CC1. The predicted octanol–water partition coefficient (Wildman–Crippen LogP) is 0.814. The quantitative estimate of drug-likeness (QED) is 0.737. The number of carbonyl (C=O) groups is 2. The summed E-state index contributed by atoms with van der Waals surface area (Å²) < 4.78 is 5.13. The lowest BCUT2D eigenvalue weighted by Gasteiger charge is -2.36. The molecule has 2 saturated heterocycles. The van der Waals surface area contributed by atoms with Crippen molar-refractivity contribution >= 4 is 11.8 Å². The summed E-state index contributed by atoms with van der Waals surface area (Å²) in [5, 5.41) is 0. The minimum absolute atomic E-state index is 0.114. The van der Waals surface area contributed by atoms with E-state index < -0.39 is 0 Å². The molecule has 2 bridgehead atoms. The summed E-state index contributed by atoms with van der Waals surface area (Å²) in [6.07, 6.45) is 5.53. The van der Waals surface area contributed by atoms with Crippen LogP contribution >= 0.6 is 0 Å². The van der Waals surface area contributed by atoms with Gasteiger partial charge in [0.05, 0.1) is 12.5 Å². The lowest BCUT2D eigenvalue weighted by Crippen LogP contribution is -2.51. The zero-order chi connectivity index (χ0) is 17.4. The third-order valence-electron chi connectivity index (χ3n) is 6.90. The van der Waals surface area contributed by atoms with Crippen molar-refractivity contribution in [3.05, 3.63) is 0 Å². The van der Waals surface area contributed by atoms with Gasteiger partial charge >= 0.3 is 0 Å². The van der Waals surface area contributed by atoms with Gasteiger partial charge in [0, 0.05) is 58.8 Å². The summed E-state index contributed by atoms with van der Waals surface area (Å²) in [5.74, 6) is 1.84. The molecule has 4 rings (SSSR count). The summed E-state index contributed by atoms with van der Waals surface area (Å²) in [4.78, 5) is 31.8. The van der Waals surface area contributed by atoms with E-state index in [1.54, 1.807) is 7.11 Å². The molecule has 2 aliphatic carbocycles. The molecule has 140 valence electrons. The fourth-order valence-corrected chi connectivity index (χ4v) is 5.48. The minimum Gasteiger partial charge on any atom is -0.383 e. The Labute approximate surface area is 150 Å². The maximum absolute atomic E-state index is 12.9. The second kappa shape index (κ2) is 7.23. The monoisotopic (exact) mass is 349 g/mol. The molecule has 4 fully saturated rings. The summed E-state index contributed by atoms with van der Waals surface area (Å²) >= 11 is 0. The van der Waals surface area contributed by atoms with E-state index in [0.29, 0.717) is 24.9 Å². The molecule has 4 atom stereocenters. The highest BCUT2D eigenvalue weighted by atomic mass is 16.5. The van der Waals surface area contributed by atoms with Crippen molar-refractivity contribution in [2.24, 2.45) is 17.8 Å². The van der Waals surface area contributed by atoms with Crippen LogP contribution in [0.2, 0.25) is 0 Å². The number of nitrogens with zero attached hydrogens (tertiary/aromatic N) is 3. The smallest absolute Gasteiger partial charge is 0.228 e. The lowest BCUT2D eigenvalue weighted by atomic mass is 9.94. The number of carbonyl (C=O) groups excluding carboxylic acids is 2. The van der Waals surface area contributed by atoms with Crippen LogP contribution in [0.15, 0.2) is 0 Å². The molecule has 4 unspecified atom stereocenters. The van der Waals surface area contributed by atoms with Crippen LogP contribution in [-0.2, 0) is 14.3 Å². The number of fused-ring (bicyclic) bond motifs is 2. The molecule has 2 amide bonds. The summed E-state index contributed by atoms with van der Waals surface area (Å²) in [7, 11) is 1.72. The van der Waals surface area contributed by atoms with Gasteiger partial charge in [-0.3, -0.25) is 14.5 Å². The number of rotatable bonds is 5. The van der Waals surface area contributed by atoms with Gasteiger partial charge < -0.3 is 14.5 Å². The largest absolute Gasteiger partial charge is 0.383 e. The van der Waals surface area contributed by atoms with E-state index in [9.17, 15) is 9.59 Å². The molecule has 6 heteroatoms. The van der Waals surface area contributed by atoms with Crippen molar-refractivity contribution < 1.29 is 14.3 Å². The molecule has 0 N–H and O–H groups in total. The molecule has 0 aromatic heterocycles. The first-order valence-electron chi connectivity index (χ1n) is 9.95. The van der Waals surface area contributed by atoms with Crippen LogP contribution in [-0.4, -0.2) is 85.5 Å². The van der Waals surface area contributed by atoms with Crippen LogP contribution in [0, 0.1) is 17.8 Å². The first kappa shape index (κ1) is 17.3. The Bertz CT molecular complexity index is 518. The van der Waals surface area contributed by atoms with E-state index in [4.69, 9.17) is 4.74 Å².